The van der Waals surface area contributed by atoms with Crippen molar-refractivity contribution in [3.05, 3.63) is 59.7 Å². The Kier molecular flexibility index (Phi) is 5.05. The highest BCUT2D eigenvalue weighted by molar-refractivity contribution is 7.92. The van der Waals surface area contributed by atoms with Crippen molar-refractivity contribution in [1.82, 2.24) is 0 Å². The van der Waals surface area contributed by atoms with Gasteiger partial charge in [0.15, 0.2) is 0 Å². The predicted octanol–water partition coefficient (Wildman–Crippen LogP) is 2.36. The van der Waals surface area contributed by atoms with Gasteiger partial charge in [0.05, 0.1) is 16.6 Å². The minimum absolute atomic E-state index is 0.113. The van der Waals surface area contributed by atoms with Crippen LogP contribution in [-0.4, -0.2) is 14.4 Å². The van der Waals surface area contributed by atoms with Crippen LogP contribution in [-0.2, 0) is 10.0 Å². The van der Waals surface area contributed by atoms with Crippen molar-refractivity contribution in [3.8, 4) is 0 Å². The lowest BCUT2D eigenvalue weighted by atomic mass is 9.97. The number of hydrogen-bond acceptors (Lipinski definition) is 4. The maximum atomic E-state index is 12.5. The Bertz CT molecular complexity index is 815. The molecule has 122 valence electrons. The Balaban J connectivity index is 2.40. The van der Waals surface area contributed by atoms with Crippen LogP contribution in [0.5, 0.6) is 0 Å². The van der Waals surface area contributed by atoms with Crippen LogP contribution in [0.4, 0.5) is 5.69 Å². The summed E-state index contributed by atoms with van der Waals surface area (Å²) in [6.45, 7) is 4.04. The van der Waals surface area contributed by atoms with E-state index in [4.69, 9.17) is 0 Å². The third-order valence-corrected chi connectivity index (χ3v) is 5.09. The fraction of sp³-hybridized carbons (Fsp3) is 0.235. The van der Waals surface area contributed by atoms with Gasteiger partial charge in [-0.2, -0.15) is 0 Å². The van der Waals surface area contributed by atoms with Crippen molar-refractivity contribution in [2.24, 2.45) is 0 Å². The van der Waals surface area contributed by atoms with Gasteiger partial charge in [0.2, 0.25) is 0 Å². The monoisotopic (exact) mass is 332 g/mol. The summed E-state index contributed by atoms with van der Waals surface area (Å²) in [7, 11) is -3.87. The first-order chi connectivity index (χ1) is 10.8. The van der Waals surface area contributed by atoms with Gasteiger partial charge in [-0.25, -0.2) is 8.42 Å². The number of carboxylic acids is 1. The maximum absolute atomic E-state index is 12.5. The molecule has 2 aromatic carbocycles. The zero-order chi connectivity index (χ0) is 17.0. The first-order valence-electron chi connectivity index (χ1n) is 7.28. The van der Waals surface area contributed by atoms with Gasteiger partial charge in [-0.1, -0.05) is 44.2 Å². The molecule has 0 amide bonds. The summed E-state index contributed by atoms with van der Waals surface area (Å²) in [6, 6.07) is 12.3. The SMILES string of the molecule is CC[C@@H](C)c1ccccc1NS(=O)(=O)c1cccc(C(=O)[O-])c1. The van der Waals surface area contributed by atoms with E-state index < -0.39 is 16.0 Å². The molecule has 0 heterocycles. The molecule has 0 unspecified atom stereocenters. The van der Waals surface area contributed by atoms with Crippen LogP contribution < -0.4 is 9.83 Å². The molecule has 0 aromatic heterocycles. The Morgan fingerprint density at radius 2 is 1.87 bits per heavy atom. The molecule has 0 spiro atoms. The fourth-order valence-corrected chi connectivity index (χ4v) is 3.37. The van der Waals surface area contributed by atoms with Crippen molar-refractivity contribution in [2.45, 2.75) is 31.1 Å². The van der Waals surface area contributed by atoms with Gasteiger partial charge in [0, 0.05) is 0 Å². The minimum atomic E-state index is -3.87. The van der Waals surface area contributed by atoms with Crippen LogP contribution in [0.25, 0.3) is 0 Å². The smallest absolute Gasteiger partial charge is 0.261 e. The first kappa shape index (κ1) is 17.0. The number of para-hydroxylation sites is 1. The molecular formula is C17H18NO4S-. The highest BCUT2D eigenvalue weighted by Gasteiger charge is 2.18. The van der Waals surface area contributed by atoms with Crippen LogP contribution in [0.2, 0.25) is 0 Å². The topological polar surface area (TPSA) is 86.3 Å². The molecule has 0 fully saturated rings. The molecule has 0 radical (unpaired) electrons. The van der Waals surface area contributed by atoms with E-state index in [-0.39, 0.29) is 16.4 Å². The first-order valence-corrected chi connectivity index (χ1v) is 8.76. The van der Waals surface area contributed by atoms with Gasteiger partial charge in [-0.15, -0.1) is 0 Å². The van der Waals surface area contributed by atoms with E-state index in [1.165, 1.54) is 18.2 Å². The molecule has 0 bridgehead atoms. The number of carbonyl (C=O) groups excluding carboxylic acids is 1. The van der Waals surface area contributed by atoms with Crippen LogP contribution in [0.15, 0.2) is 53.4 Å². The standard InChI is InChI=1S/C17H19NO4S/c1-3-12(2)15-9-4-5-10-16(15)18-23(21,22)14-8-6-7-13(11-14)17(19)20/h4-12,18H,3H2,1-2H3,(H,19,20)/p-1/t12-/m1/s1. The number of aromatic carboxylic acids is 1. The average Bonchev–Trinajstić information content (AvgIpc) is 2.54. The Morgan fingerprint density at radius 3 is 2.52 bits per heavy atom. The lowest BCUT2D eigenvalue weighted by Crippen LogP contribution is -2.23. The van der Waals surface area contributed by atoms with E-state index >= 15 is 0 Å². The predicted molar refractivity (Wildman–Crippen MR) is 86.7 cm³/mol. The molecule has 0 saturated carbocycles. The van der Waals surface area contributed by atoms with Crippen molar-refractivity contribution in [2.75, 3.05) is 4.72 Å². The third kappa shape index (κ3) is 3.90. The van der Waals surface area contributed by atoms with Gasteiger partial charge in [-0.3, -0.25) is 4.72 Å². The molecule has 0 aliphatic carbocycles. The molecular weight excluding hydrogens is 314 g/mol. The van der Waals surface area contributed by atoms with E-state index in [0.717, 1.165) is 18.1 Å². The summed E-state index contributed by atoms with van der Waals surface area (Å²) in [5.41, 5.74) is 1.22. The molecule has 0 aliphatic heterocycles. The molecule has 1 N–H and O–H groups in total. The number of carboxylic acid groups (broad SMARTS) is 1. The zero-order valence-electron chi connectivity index (χ0n) is 12.9. The zero-order valence-corrected chi connectivity index (χ0v) is 13.8. The molecule has 1 atom stereocenters. The second-order valence-electron chi connectivity index (χ2n) is 5.32. The normalized spacial score (nSPS) is 12.6. The largest absolute Gasteiger partial charge is 0.545 e. The van der Waals surface area contributed by atoms with Gasteiger partial charge < -0.3 is 9.90 Å². The summed E-state index contributed by atoms with van der Waals surface area (Å²) < 4.78 is 27.6. The molecule has 0 saturated heterocycles. The van der Waals surface area contributed by atoms with E-state index in [1.54, 1.807) is 12.1 Å². The molecule has 6 heteroatoms. The van der Waals surface area contributed by atoms with Crippen molar-refractivity contribution < 1.29 is 18.3 Å². The third-order valence-electron chi connectivity index (χ3n) is 3.73. The number of rotatable bonds is 6. The lowest BCUT2D eigenvalue weighted by Gasteiger charge is -2.17. The number of benzene rings is 2. The van der Waals surface area contributed by atoms with Crippen LogP contribution >= 0.6 is 0 Å². The van der Waals surface area contributed by atoms with E-state index in [0.29, 0.717) is 5.69 Å². The molecule has 2 rings (SSSR count). The van der Waals surface area contributed by atoms with Crippen LogP contribution in [0, 0.1) is 0 Å². The highest BCUT2D eigenvalue weighted by Crippen LogP contribution is 2.28. The quantitative estimate of drug-likeness (QED) is 0.880. The van der Waals surface area contributed by atoms with Crippen molar-refractivity contribution in [1.29, 1.82) is 0 Å². The molecule has 0 aliphatic rings. The Labute approximate surface area is 136 Å². The van der Waals surface area contributed by atoms with E-state index in [2.05, 4.69) is 4.72 Å². The number of anilines is 1. The minimum Gasteiger partial charge on any atom is -0.545 e. The maximum Gasteiger partial charge on any atom is 0.261 e. The summed E-state index contributed by atoms with van der Waals surface area (Å²) >= 11 is 0. The van der Waals surface area contributed by atoms with E-state index in [1.807, 2.05) is 26.0 Å². The molecule has 5 nitrogen and oxygen atoms in total. The van der Waals surface area contributed by atoms with Gasteiger partial charge in [0.1, 0.15) is 0 Å². The fourth-order valence-electron chi connectivity index (χ4n) is 2.23. The Hall–Kier alpha value is -2.34. The van der Waals surface area contributed by atoms with Gasteiger partial charge in [0.25, 0.3) is 10.0 Å². The van der Waals surface area contributed by atoms with Crippen molar-refractivity contribution >= 4 is 21.7 Å². The van der Waals surface area contributed by atoms with E-state index in [9.17, 15) is 18.3 Å². The van der Waals surface area contributed by atoms with Gasteiger partial charge >= 0.3 is 0 Å². The second kappa shape index (κ2) is 6.83. The van der Waals surface area contributed by atoms with Gasteiger partial charge in [-0.05, 0) is 41.7 Å². The lowest BCUT2D eigenvalue weighted by molar-refractivity contribution is -0.255. The summed E-state index contributed by atoms with van der Waals surface area (Å²) in [6.07, 6.45) is 0.874. The summed E-state index contributed by atoms with van der Waals surface area (Å²) in [4.78, 5) is 10.8. The second-order valence-corrected chi connectivity index (χ2v) is 7.00. The Morgan fingerprint density at radius 1 is 1.17 bits per heavy atom. The number of hydrogen-bond donors (Lipinski definition) is 1. The molecule has 23 heavy (non-hydrogen) atoms. The average molecular weight is 332 g/mol. The summed E-state index contributed by atoms with van der Waals surface area (Å²) in [5, 5.41) is 10.9. The number of carbonyl (C=O) groups is 1. The van der Waals surface area contributed by atoms with Crippen LogP contribution in [0.1, 0.15) is 42.1 Å². The van der Waals surface area contributed by atoms with Crippen LogP contribution in [0.3, 0.4) is 0 Å². The van der Waals surface area contributed by atoms with Crippen molar-refractivity contribution in [3.63, 3.8) is 0 Å². The molecule has 2 aromatic rings. The number of sulfonamides is 1. The summed E-state index contributed by atoms with van der Waals surface area (Å²) in [5.74, 6) is -1.22. The highest BCUT2D eigenvalue weighted by atomic mass is 32.2. The number of nitrogens with one attached hydrogen (secondary N) is 1.